The number of rotatable bonds is 6. The lowest BCUT2D eigenvalue weighted by Gasteiger charge is -2.19. The van der Waals surface area contributed by atoms with Crippen LogP contribution in [0.25, 0.3) is 0 Å². The largest absolute Gasteiger partial charge is 0.494 e. The van der Waals surface area contributed by atoms with Crippen LogP contribution in [0.3, 0.4) is 0 Å². The summed E-state index contributed by atoms with van der Waals surface area (Å²) in [5, 5.41) is 4.37. The van der Waals surface area contributed by atoms with Crippen LogP contribution in [0.15, 0.2) is 30.3 Å². The second-order valence-electron chi connectivity index (χ2n) is 4.79. The predicted molar refractivity (Wildman–Crippen MR) is 79.3 cm³/mol. The van der Waals surface area contributed by atoms with Crippen LogP contribution in [0.1, 0.15) is 29.9 Å². The van der Waals surface area contributed by atoms with Crippen LogP contribution in [-0.4, -0.2) is 16.4 Å². The Morgan fingerprint density at radius 3 is 2.75 bits per heavy atom. The van der Waals surface area contributed by atoms with Crippen molar-refractivity contribution in [2.45, 2.75) is 26.3 Å². The van der Waals surface area contributed by atoms with Gasteiger partial charge in [-0.1, -0.05) is 18.2 Å². The van der Waals surface area contributed by atoms with Crippen molar-refractivity contribution in [1.29, 1.82) is 0 Å². The summed E-state index contributed by atoms with van der Waals surface area (Å²) in [5.74, 6) is 6.61. The molecule has 0 amide bonds. The molecule has 20 heavy (non-hydrogen) atoms. The summed E-state index contributed by atoms with van der Waals surface area (Å²) in [4.78, 5) is 0. The van der Waals surface area contributed by atoms with E-state index in [-0.39, 0.29) is 6.04 Å². The van der Waals surface area contributed by atoms with Gasteiger partial charge in [-0.3, -0.25) is 16.0 Å². The van der Waals surface area contributed by atoms with E-state index < -0.39 is 0 Å². The minimum atomic E-state index is -0.00690. The molecular weight excluding hydrogens is 252 g/mol. The van der Waals surface area contributed by atoms with Crippen LogP contribution in [0.4, 0.5) is 0 Å². The Kier molecular flexibility index (Phi) is 4.76. The third-order valence-corrected chi connectivity index (χ3v) is 3.31. The minimum absolute atomic E-state index is 0.00690. The van der Waals surface area contributed by atoms with Crippen molar-refractivity contribution in [2.24, 2.45) is 12.9 Å². The highest BCUT2D eigenvalue weighted by Crippen LogP contribution is 2.27. The van der Waals surface area contributed by atoms with Crippen molar-refractivity contribution in [1.82, 2.24) is 15.2 Å². The zero-order valence-electron chi connectivity index (χ0n) is 12.3. The maximum atomic E-state index is 5.74. The van der Waals surface area contributed by atoms with E-state index >= 15 is 0 Å². The fourth-order valence-electron chi connectivity index (χ4n) is 2.38. The van der Waals surface area contributed by atoms with E-state index in [0.717, 1.165) is 29.1 Å². The number of benzene rings is 1. The summed E-state index contributed by atoms with van der Waals surface area (Å²) >= 11 is 0. The van der Waals surface area contributed by atoms with E-state index in [2.05, 4.69) is 16.6 Å². The Balaban J connectivity index is 2.26. The van der Waals surface area contributed by atoms with Crippen LogP contribution in [0.5, 0.6) is 5.75 Å². The summed E-state index contributed by atoms with van der Waals surface area (Å²) in [6.07, 6.45) is 0.762. The van der Waals surface area contributed by atoms with Crippen molar-refractivity contribution in [3.63, 3.8) is 0 Å². The molecule has 2 aromatic rings. The van der Waals surface area contributed by atoms with Crippen LogP contribution in [-0.2, 0) is 13.5 Å². The zero-order valence-corrected chi connectivity index (χ0v) is 12.3. The summed E-state index contributed by atoms with van der Waals surface area (Å²) in [7, 11) is 1.95. The van der Waals surface area contributed by atoms with Gasteiger partial charge in [-0.25, -0.2) is 0 Å². The molecule has 108 valence electrons. The zero-order chi connectivity index (χ0) is 14.5. The molecule has 1 aromatic heterocycles. The maximum Gasteiger partial charge on any atom is 0.124 e. The summed E-state index contributed by atoms with van der Waals surface area (Å²) in [6.45, 7) is 4.60. The molecule has 5 heteroatoms. The first kappa shape index (κ1) is 14.6. The van der Waals surface area contributed by atoms with E-state index in [9.17, 15) is 0 Å². The first-order valence-electron chi connectivity index (χ1n) is 6.83. The van der Waals surface area contributed by atoms with Crippen molar-refractivity contribution in [2.75, 3.05) is 6.61 Å². The normalized spacial score (nSPS) is 12.4. The van der Waals surface area contributed by atoms with Crippen LogP contribution < -0.4 is 16.0 Å². The van der Waals surface area contributed by atoms with Gasteiger partial charge in [0.05, 0.1) is 18.3 Å². The summed E-state index contributed by atoms with van der Waals surface area (Å²) < 4.78 is 7.57. The van der Waals surface area contributed by atoms with Gasteiger partial charge in [0.25, 0.3) is 0 Å². The second-order valence-corrected chi connectivity index (χ2v) is 4.79. The Morgan fingerprint density at radius 2 is 2.15 bits per heavy atom. The van der Waals surface area contributed by atoms with Crippen molar-refractivity contribution in [3.05, 3.63) is 47.3 Å². The predicted octanol–water partition coefficient (Wildman–Crippen LogP) is 1.87. The van der Waals surface area contributed by atoms with Crippen LogP contribution >= 0.6 is 0 Å². The summed E-state index contributed by atoms with van der Waals surface area (Å²) in [6, 6.07) is 10.0. The number of hydrogen-bond donors (Lipinski definition) is 2. The molecule has 3 N–H and O–H groups in total. The molecule has 1 heterocycles. The van der Waals surface area contributed by atoms with Gasteiger partial charge in [0, 0.05) is 24.7 Å². The molecule has 1 unspecified atom stereocenters. The number of nitrogens with zero attached hydrogens (tertiary/aromatic N) is 2. The highest BCUT2D eigenvalue weighted by atomic mass is 16.5. The SMILES string of the molecule is CCOc1ccccc1C(Cc1cc(C)nn1C)NN. The Hall–Kier alpha value is -1.85. The molecule has 0 aliphatic carbocycles. The van der Waals surface area contributed by atoms with Crippen molar-refractivity contribution >= 4 is 0 Å². The second kappa shape index (κ2) is 6.54. The number of aromatic nitrogens is 2. The van der Waals surface area contributed by atoms with Gasteiger partial charge in [-0.2, -0.15) is 5.10 Å². The lowest BCUT2D eigenvalue weighted by Crippen LogP contribution is -2.30. The molecule has 5 nitrogen and oxygen atoms in total. The number of nitrogens with one attached hydrogen (secondary N) is 1. The number of ether oxygens (including phenoxy) is 1. The van der Waals surface area contributed by atoms with E-state index in [1.54, 1.807) is 0 Å². The third kappa shape index (κ3) is 3.18. The smallest absolute Gasteiger partial charge is 0.124 e. The average molecular weight is 274 g/mol. The van der Waals surface area contributed by atoms with E-state index in [4.69, 9.17) is 10.6 Å². The molecule has 0 saturated heterocycles. The molecule has 0 aliphatic heterocycles. The molecule has 2 rings (SSSR count). The van der Waals surface area contributed by atoms with Gasteiger partial charge in [-0.05, 0) is 26.0 Å². The number of nitrogens with two attached hydrogens (primary N) is 1. The number of aryl methyl sites for hydroxylation is 2. The first-order chi connectivity index (χ1) is 9.65. The molecule has 0 saturated carbocycles. The van der Waals surface area contributed by atoms with Gasteiger partial charge in [0.1, 0.15) is 5.75 Å². The molecule has 0 fully saturated rings. The minimum Gasteiger partial charge on any atom is -0.494 e. The van der Waals surface area contributed by atoms with Gasteiger partial charge in [0.15, 0.2) is 0 Å². The first-order valence-corrected chi connectivity index (χ1v) is 6.83. The Bertz CT molecular complexity index is 565. The monoisotopic (exact) mass is 274 g/mol. The molecule has 0 radical (unpaired) electrons. The summed E-state index contributed by atoms with van der Waals surface area (Å²) in [5.41, 5.74) is 6.09. The van der Waals surface area contributed by atoms with Gasteiger partial charge >= 0.3 is 0 Å². The maximum absolute atomic E-state index is 5.74. The van der Waals surface area contributed by atoms with Crippen LogP contribution in [0, 0.1) is 6.92 Å². The standard InChI is InChI=1S/C15H22N4O/c1-4-20-15-8-6-5-7-13(15)14(17-16)10-12-9-11(2)18-19(12)3/h5-9,14,17H,4,10,16H2,1-3H3. The highest BCUT2D eigenvalue weighted by Gasteiger charge is 2.17. The number of para-hydroxylation sites is 1. The molecular formula is C15H22N4O. The molecule has 1 aromatic carbocycles. The fourth-order valence-corrected chi connectivity index (χ4v) is 2.38. The molecule has 0 aliphatic rings. The number of hydrogen-bond acceptors (Lipinski definition) is 4. The number of hydrazine groups is 1. The van der Waals surface area contributed by atoms with Crippen molar-refractivity contribution in [3.8, 4) is 5.75 Å². The van der Waals surface area contributed by atoms with Crippen LogP contribution in [0.2, 0.25) is 0 Å². The average Bonchev–Trinajstić information content (AvgIpc) is 2.75. The quantitative estimate of drug-likeness (QED) is 0.623. The Labute approximate surface area is 119 Å². The van der Waals surface area contributed by atoms with Gasteiger partial charge in [0.2, 0.25) is 0 Å². The lowest BCUT2D eigenvalue weighted by molar-refractivity contribution is 0.331. The third-order valence-electron chi connectivity index (χ3n) is 3.31. The van der Waals surface area contributed by atoms with E-state index in [1.165, 1.54) is 0 Å². The Morgan fingerprint density at radius 1 is 1.40 bits per heavy atom. The fraction of sp³-hybridized carbons (Fsp3) is 0.400. The molecule has 0 spiro atoms. The van der Waals surface area contributed by atoms with E-state index in [0.29, 0.717) is 6.61 Å². The topological polar surface area (TPSA) is 65.1 Å². The molecule has 0 bridgehead atoms. The molecule has 1 atom stereocenters. The highest BCUT2D eigenvalue weighted by molar-refractivity contribution is 5.36. The lowest BCUT2D eigenvalue weighted by atomic mass is 10.0. The van der Waals surface area contributed by atoms with Crippen molar-refractivity contribution < 1.29 is 4.74 Å². The van der Waals surface area contributed by atoms with Gasteiger partial charge in [-0.15, -0.1) is 0 Å². The van der Waals surface area contributed by atoms with Gasteiger partial charge < -0.3 is 4.74 Å². The van der Waals surface area contributed by atoms with E-state index in [1.807, 2.05) is 49.8 Å².